The summed E-state index contributed by atoms with van der Waals surface area (Å²) in [5.41, 5.74) is 3.12. The highest BCUT2D eigenvalue weighted by molar-refractivity contribution is 6.32. The highest BCUT2D eigenvalue weighted by Crippen LogP contribution is 2.35. The maximum atomic E-state index is 6.01. The van der Waals surface area contributed by atoms with Crippen molar-refractivity contribution in [1.29, 1.82) is 0 Å². The lowest BCUT2D eigenvalue weighted by molar-refractivity contribution is 0.405. The van der Waals surface area contributed by atoms with E-state index < -0.39 is 0 Å². The Kier molecular flexibility index (Phi) is 5.54. The molecule has 18 heavy (non-hydrogen) atoms. The number of nitrogens with one attached hydrogen (secondary N) is 2. The topological polar surface area (TPSA) is 80.9 Å². The number of halogens is 1. The van der Waals surface area contributed by atoms with Crippen molar-refractivity contribution in [2.75, 3.05) is 26.1 Å². The summed E-state index contributed by atoms with van der Waals surface area (Å²) in [6.07, 6.45) is 0. The summed E-state index contributed by atoms with van der Waals surface area (Å²) >= 11 is 6.01. The Hall–Kier alpha value is -1.66. The molecule has 0 aliphatic rings. The summed E-state index contributed by atoms with van der Waals surface area (Å²) in [5.74, 6) is 6.89. The van der Waals surface area contributed by atoms with Crippen LogP contribution in [0.2, 0.25) is 5.02 Å². The van der Waals surface area contributed by atoms with Crippen LogP contribution in [0.1, 0.15) is 6.92 Å². The standard InChI is InChI=1S/C11H17ClN4O2/c1-4-14-11(16-13)15-8-6-9(17-2)7(12)5-10(8)18-3/h5-6H,4,13H2,1-3H3,(H2,14,15,16). The number of methoxy groups -OCH3 is 2. The Labute approximate surface area is 111 Å². The first kappa shape index (κ1) is 14.4. The van der Waals surface area contributed by atoms with E-state index in [-0.39, 0.29) is 0 Å². The molecule has 100 valence electrons. The van der Waals surface area contributed by atoms with Crippen molar-refractivity contribution in [2.24, 2.45) is 10.8 Å². The van der Waals surface area contributed by atoms with Gasteiger partial charge in [-0.25, -0.2) is 5.84 Å². The van der Waals surface area contributed by atoms with Crippen molar-refractivity contribution >= 4 is 23.2 Å². The van der Waals surface area contributed by atoms with Gasteiger partial charge in [0, 0.05) is 18.7 Å². The normalized spacial score (nSPS) is 11.1. The molecule has 0 unspecified atom stereocenters. The van der Waals surface area contributed by atoms with Gasteiger partial charge in [-0.05, 0) is 6.92 Å². The molecule has 0 atom stereocenters. The van der Waals surface area contributed by atoms with Gasteiger partial charge in [-0.1, -0.05) is 11.6 Å². The average Bonchev–Trinajstić information content (AvgIpc) is 2.39. The number of hydrogen-bond acceptors (Lipinski definition) is 4. The summed E-state index contributed by atoms with van der Waals surface area (Å²) in [5, 5.41) is 3.47. The quantitative estimate of drug-likeness (QED) is 0.336. The number of hydrogen-bond donors (Lipinski definition) is 3. The van der Waals surface area contributed by atoms with Gasteiger partial charge < -0.3 is 14.8 Å². The Morgan fingerprint density at radius 2 is 2.00 bits per heavy atom. The van der Waals surface area contributed by atoms with Crippen LogP contribution >= 0.6 is 11.6 Å². The molecule has 4 N–H and O–H groups in total. The molecule has 0 amide bonds. The van der Waals surface area contributed by atoms with Crippen molar-refractivity contribution in [2.45, 2.75) is 6.92 Å². The van der Waals surface area contributed by atoms with E-state index in [2.05, 4.69) is 15.7 Å². The molecule has 0 aliphatic heterocycles. The number of guanidine groups is 1. The number of nitrogens with two attached hydrogens (primary N) is 1. The van der Waals surface area contributed by atoms with E-state index >= 15 is 0 Å². The Morgan fingerprint density at radius 3 is 2.50 bits per heavy atom. The molecular formula is C11H17ClN4O2. The van der Waals surface area contributed by atoms with E-state index in [1.54, 1.807) is 26.4 Å². The van der Waals surface area contributed by atoms with E-state index in [1.165, 1.54) is 0 Å². The highest BCUT2D eigenvalue weighted by Gasteiger charge is 2.11. The molecule has 7 heteroatoms. The van der Waals surface area contributed by atoms with E-state index in [0.717, 1.165) is 0 Å². The predicted molar refractivity (Wildman–Crippen MR) is 73.5 cm³/mol. The lowest BCUT2D eigenvalue weighted by Crippen LogP contribution is -2.36. The van der Waals surface area contributed by atoms with Gasteiger partial charge in [-0.3, -0.25) is 10.4 Å². The van der Waals surface area contributed by atoms with Gasteiger partial charge in [0.1, 0.15) is 11.5 Å². The van der Waals surface area contributed by atoms with Gasteiger partial charge in [-0.15, -0.1) is 0 Å². The monoisotopic (exact) mass is 272 g/mol. The maximum absolute atomic E-state index is 6.01. The van der Waals surface area contributed by atoms with Gasteiger partial charge in [-0.2, -0.15) is 0 Å². The first-order valence-electron chi connectivity index (χ1n) is 5.35. The van der Waals surface area contributed by atoms with Gasteiger partial charge in [0.2, 0.25) is 5.96 Å². The Morgan fingerprint density at radius 1 is 1.33 bits per heavy atom. The smallest absolute Gasteiger partial charge is 0.210 e. The minimum Gasteiger partial charge on any atom is -0.495 e. The summed E-state index contributed by atoms with van der Waals surface area (Å²) in [6.45, 7) is 2.50. The Bertz CT molecular complexity index is 437. The van der Waals surface area contributed by atoms with Crippen molar-refractivity contribution in [3.05, 3.63) is 17.2 Å². The van der Waals surface area contributed by atoms with Crippen LogP contribution in [0.15, 0.2) is 17.1 Å². The first-order valence-corrected chi connectivity index (χ1v) is 5.73. The van der Waals surface area contributed by atoms with Crippen LogP contribution < -0.4 is 26.1 Å². The molecule has 1 rings (SSSR count). The summed E-state index contributed by atoms with van der Waals surface area (Å²) < 4.78 is 10.4. The average molecular weight is 273 g/mol. The molecule has 6 nitrogen and oxygen atoms in total. The SMILES string of the molecule is CCN=C(NN)Nc1cc(OC)c(Cl)cc1OC. The molecule has 1 aromatic carbocycles. The van der Waals surface area contributed by atoms with Crippen molar-refractivity contribution in [3.8, 4) is 11.5 Å². The van der Waals surface area contributed by atoms with E-state index in [1.807, 2.05) is 6.92 Å². The third kappa shape index (κ3) is 3.41. The van der Waals surface area contributed by atoms with Crippen LogP contribution in [0.4, 0.5) is 5.69 Å². The number of nitrogens with zero attached hydrogens (tertiary/aromatic N) is 1. The molecule has 0 aromatic heterocycles. The third-order valence-electron chi connectivity index (χ3n) is 2.18. The van der Waals surface area contributed by atoms with Gasteiger partial charge in [0.05, 0.1) is 24.9 Å². The van der Waals surface area contributed by atoms with Gasteiger partial charge >= 0.3 is 0 Å². The summed E-state index contributed by atoms with van der Waals surface area (Å²) in [7, 11) is 3.09. The minimum absolute atomic E-state index is 0.431. The first-order chi connectivity index (χ1) is 8.65. The van der Waals surface area contributed by atoms with Crippen LogP contribution in [-0.2, 0) is 0 Å². The highest BCUT2D eigenvalue weighted by atomic mass is 35.5. The molecule has 0 saturated carbocycles. The van der Waals surface area contributed by atoms with Gasteiger partial charge in [0.25, 0.3) is 0 Å². The van der Waals surface area contributed by atoms with Crippen molar-refractivity contribution < 1.29 is 9.47 Å². The maximum Gasteiger partial charge on any atom is 0.210 e. The number of ether oxygens (including phenoxy) is 2. The second kappa shape index (κ2) is 6.93. The van der Waals surface area contributed by atoms with Crippen LogP contribution in [0, 0.1) is 0 Å². The van der Waals surface area contributed by atoms with Crippen LogP contribution in [0.3, 0.4) is 0 Å². The molecule has 0 saturated heterocycles. The minimum atomic E-state index is 0.431. The fourth-order valence-electron chi connectivity index (χ4n) is 1.37. The zero-order chi connectivity index (χ0) is 13.5. The fraction of sp³-hybridized carbons (Fsp3) is 0.364. The van der Waals surface area contributed by atoms with E-state index in [0.29, 0.717) is 34.7 Å². The molecule has 0 radical (unpaired) electrons. The van der Waals surface area contributed by atoms with Gasteiger partial charge in [0.15, 0.2) is 0 Å². The predicted octanol–water partition coefficient (Wildman–Crippen LogP) is 1.61. The molecule has 1 aromatic rings. The molecule has 0 fully saturated rings. The van der Waals surface area contributed by atoms with Crippen LogP contribution in [0.25, 0.3) is 0 Å². The lowest BCUT2D eigenvalue weighted by Gasteiger charge is -2.14. The third-order valence-corrected chi connectivity index (χ3v) is 2.48. The number of rotatable bonds is 4. The van der Waals surface area contributed by atoms with Crippen molar-refractivity contribution in [3.63, 3.8) is 0 Å². The van der Waals surface area contributed by atoms with Crippen LogP contribution in [-0.4, -0.2) is 26.7 Å². The number of aliphatic imine (C=N–C) groups is 1. The number of benzene rings is 1. The molecule has 0 aliphatic carbocycles. The second-order valence-electron chi connectivity index (χ2n) is 3.28. The second-order valence-corrected chi connectivity index (χ2v) is 3.69. The molecule has 0 spiro atoms. The summed E-state index contributed by atoms with van der Waals surface area (Å²) in [6, 6.07) is 3.37. The Balaban J connectivity index is 3.09. The zero-order valence-corrected chi connectivity index (χ0v) is 11.3. The fourth-order valence-corrected chi connectivity index (χ4v) is 1.60. The van der Waals surface area contributed by atoms with Crippen LogP contribution in [0.5, 0.6) is 11.5 Å². The van der Waals surface area contributed by atoms with E-state index in [9.17, 15) is 0 Å². The largest absolute Gasteiger partial charge is 0.495 e. The van der Waals surface area contributed by atoms with E-state index in [4.69, 9.17) is 26.9 Å². The summed E-state index contributed by atoms with van der Waals surface area (Å²) in [4.78, 5) is 4.13. The van der Waals surface area contributed by atoms with Crippen molar-refractivity contribution in [1.82, 2.24) is 5.43 Å². The zero-order valence-electron chi connectivity index (χ0n) is 10.6. The lowest BCUT2D eigenvalue weighted by atomic mass is 10.2. The number of anilines is 1. The number of hydrazine groups is 1. The molecular weight excluding hydrogens is 256 g/mol. The molecule has 0 heterocycles. The molecule has 0 bridgehead atoms.